The van der Waals surface area contributed by atoms with E-state index < -0.39 is 17.1 Å². The van der Waals surface area contributed by atoms with Gasteiger partial charge in [-0.25, -0.2) is 0 Å². The van der Waals surface area contributed by atoms with E-state index in [4.69, 9.17) is 17.7 Å². The van der Waals surface area contributed by atoms with E-state index in [0.717, 1.165) is 60.0 Å². The summed E-state index contributed by atoms with van der Waals surface area (Å²) in [6.07, 6.45) is 3.29. The van der Waals surface area contributed by atoms with Crippen molar-refractivity contribution in [2.24, 2.45) is 0 Å². The Labute approximate surface area is 213 Å². The zero-order valence-corrected chi connectivity index (χ0v) is 24.7. The van der Waals surface area contributed by atoms with Crippen LogP contribution in [0.15, 0.2) is 36.4 Å². The van der Waals surface area contributed by atoms with Gasteiger partial charge in [0.25, 0.3) is 0 Å². The monoisotopic (exact) mass is 520 g/mol. The van der Waals surface area contributed by atoms with Crippen LogP contribution in [-0.2, 0) is 36.0 Å². The Kier molecular flexibility index (Phi) is 10.6. The highest BCUT2D eigenvalue weighted by atomic mass is 28.4. The molecule has 0 bridgehead atoms. The lowest BCUT2D eigenvalue weighted by Gasteiger charge is -2.28. The zero-order chi connectivity index (χ0) is 26.3. The minimum Gasteiger partial charge on any atom is -0.508 e. The predicted octanol–water partition coefficient (Wildman–Crippen LogP) is 6.02. The number of phenolic OH excluding ortho intramolecular Hbond substituents is 2. The minimum atomic E-state index is -2.13. The SMILES string of the molecule is CO[Si](C)(CCCc1cc(C(C)(C)c2ccc(O)c(CCC[Si](C)(OC)OC)c2)ccc1O)OC. The van der Waals surface area contributed by atoms with Crippen molar-refractivity contribution in [3.05, 3.63) is 58.7 Å². The first-order chi connectivity index (χ1) is 16.4. The second-order valence-corrected chi connectivity index (χ2v) is 17.3. The van der Waals surface area contributed by atoms with E-state index in [-0.39, 0.29) is 5.41 Å². The van der Waals surface area contributed by atoms with Gasteiger partial charge >= 0.3 is 17.1 Å². The van der Waals surface area contributed by atoms with Gasteiger partial charge < -0.3 is 27.9 Å². The average molecular weight is 521 g/mol. The molecule has 0 aliphatic carbocycles. The fraction of sp³-hybridized carbons (Fsp3) is 0.556. The normalized spacial score (nSPS) is 12.8. The van der Waals surface area contributed by atoms with Gasteiger partial charge in [0, 0.05) is 33.9 Å². The molecule has 0 spiro atoms. The molecule has 0 aliphatic rings. The van der Waals surface area contributed by atoms with Crippen molar-refractivity contribution in [3.8, 4) is 11.5 Å². The molecule has 6 nitrogen and oxygen atoms in total. The molecule has 0 saturated heterocycles. The van der Waals surface area contributed by atoms with Crippen LogP contribution in [0.4, 0.5) is 0 Å². The van der Waals surface area contributed by atoms with Crippen molar-refractivity contribution >= 4 is 17.1 Å². The van der Waals surface area contributed by atoms with E-state index in [2.05, 4.69) is 39.1 Å². The zero-order valence-electron chi connectivity index (χ0n) is 22.7. The van der Waals surface area contributed by atoms with Crippen molar-refractivity contribution in [1.82, 2.24) is 0 Å². The Morgan fingerprint density at radius 1 is 0.657 bits per heavy atom. The second-order valence-electron chi connectivity index (χ2n) is 10.1. The molecule has 2 N–H and O–H groups in total. The second kappa shape index (κ2) is 12.5. The highest BCUT2D eigenvalue weighted by molar-refractivity contribution is 6.66. The van der Waals surface area contributed by atoms with Crippen molar-refractivity contribution in [2.45, 2.75) is 70.1 Å². The molecule has 2 aromatic rings. The number of hydrogen-bond acceptors (Lipinski definition) is 6. The standard InChI is InChI=1S/C27H44O6Si2/c1-27(2,23-13-15-25(28)21(19-23)11-9-17-34(7,30-3)31-4)24-14-16-26(29)22(20-24)12-10-18-35(8,32-5)33-6/h13-16,19-20,28-29H,9-12,17-18H2,1-8H3. The predicted molar refractivity (Wildman–Crippen MR) is 146 cm³/mol. The van der Waals surface area contributed by atoms with Crippen molar-refractivity contribution < 1.29 is 27.9 Å². The van der Waals surface area contributed by atoms with E-state index in [9.17, 15) is 10.2 Å². The van der Waals surface area contributed by atoms with Gasteiger partial charge in [0.15, 0.2) is 0 Å². The Bertz CT molecular complexity index is 879. The summed E-state index contributed by atoms with van der Waals surface area (Å²) < 4.78 is 22.4. The molecule has 35 heavy (non-hydrogen) atoms. The smallest absolute Gasteiger partial charge is 0.334 e. The fourth-order valence-corrected chi connectivity index (χ4v) is 7.08. The summed E-state index contributed by atoms with van der Waals surface area (Å²) in [7, 11) is 2.57. The lowest BCUT2D eigenvalue weighted by atomic mass is 9.76. The van der Waals surface area contributed by atoms with Gasteiger partial charge in [-0.1, -0.05) is 38.1 Å². The van der Waals surface area contributed by atoms with Gasteiger partial charge in [-0.15, -0.1) is 0 Å². The Balaban J connectivity index is 2.21. The van der Waals surface area contributed by atoms with E-state index in [1.54, 1.807) is 40.6 Å². The third-order valence-corrected chi connectivity index (χ3v) is 13.5. The third kappa shape index (κ3) is 7.65. The maximum atomic E-state index is 10.5. The lowest BCUT2D eigenvalue weighted by molar-refractivity contribution is 0.248. The molecule has 0 heterocycles. The summed E-state index contributed by atoms with van der Waals surface area (Å²) >= 11 is 0. The number of phenols is 2. The van der Waals surface area contributed by atoms with Gasteiger partial charge in [0.1, 0.15) is 11.5 Å². The number of benzene rings is 2. The molecule has 2 rings (SSSR count). The molecule has 0 aliphatic heterocycles. The van der Waals surface area contributed by atoms with Crippen LogP contribution in [-0.4, -0.2) is 55.8 Å². The summed E-state index contributed by atoms with van der Waals surface area (Å²) in [6.45, 7) is 8.47. The number of rotatable bonds is 14. The topological polar surface area (TPSA) is 77.4 Å². The van der Waals surface area contributed by atoms with Gasteiger partial charge in [-0.2, -0.15) is 0 Å². The Morgan fingerprint density at radius 2 is 1.00 bits per heavy atom. The first-order valence-corrected chi connectivity index (χ1v) is 17.3. The first-order valence-electron chi connectivity index (χ1n) is 12.3. The molecule has 196 valence electrons. The van der Waals surface area contributed by atoms with Crippen LogP contribution in [0, 0.1) is 0 Å². The summed E-state index contributed by atoms with van der Waals surface area (Å²) in [4.78, 5) is 0. The lowest BCUT2D eigenvalue weighted by Crippen LogP contribution is -2.35. The van der Waals surface area contributed by atoms with Crippen molar-refractivity contribution in [2.75, 3.05) is 28.4 Å². The Morgan fingerprint density at radius 3 is 1.31 bits per heavy atom. The molecular formula is C27H44O6Si2. The number of hydrogen-bond donors (Lipinski definition) is 2. The highest BCUT2D eigenvalue weighted by Gasteiger charge is 2.30. The van der Waals surface area contributed by atoms with Crippen LogP contribution in [0.2, 0.25) is 25.2 Å². The van der Waals surface area contributed by atoms with E-state index in [1.807, 2.05) is 12.1 Å². The van der Waals surface area contributed by atoms with Gasteiger partial charge in [0.05, 0.1) is 0 Å². The van der Waals surface area contributed by atoms with Crippen molar-refractivity contribution in [1.29, 1.82) is 0 Å². The molecule has 0 atom stereocenters. The highest BCUT2D eigenvalue weighted by Crippen LogP contribution is 2.36. The summed E-state index contributed by atoms with van der Waals surface area (Å²) in [5.74, 6) is 0.635. The van der Waals surface area contributed by atoms with Crippen LogP contribution in [0.1, 0.15) is 48.9 Å². The largest absolute Gasteiger partial charge is 0.508 e. The molecule has 0 radical (unpaired) electrons. The molecule has 0 unspecified atom stereocenters. The van der Waals surface area contributed by atoms with E-state index >= 15 is 0 Å². The summed E-state index contributed by atoms with van der Waals surface area (Å²) in [6, 6.07) is 13.5. The minimum absolute atomic E-state index is 0.296. The van der Waals surface area contributed by atoms with Crippen molar-refractivity contribution in [3.63, 3.8) is 0 Å². The van der Waals surface area contributed by atoms with Gasteiger partial charge in [-0.05, 0) is 85.3 Å². The molecular weight excluding hydrogens is 476 g/mol. The number of aromatic hydroxyl groups is 2. The van der Waals surface area contributed by atoms with Crippen LogP contribution >= 0.6 is 0 Å². The quantitative estimate of drug-likeness (QED) is 0.297. The van der Waals surface area contributed by atoms with E-state index in [1.165, 1.54) is 0 Å². The number of aryl methyl sites for hydroxylation is 2. The van der Waals surface area contributed by atoms with Crippen LogP contribution < -0.4 is 0 Å². The molecule has 8 heteroatoms. The molecule has 0 amide bonds. The molecule has 0 fully saturated rings. The summed E-state index contributed by atoms with van der Waals surface area (Å²) in [5, 5.41) is 21.0. The summed E-state index contributed by atoms with van der Waals surface area (Å²) in [5.41, 5.74) is 3.82. The van der Waals surface area contributed by atoms with Crippen LogP contribution in [0.25, 0.3) is 0 Å². The van der Waals surface area contributed by atoms with Crippen LogP contribution in [0.3, 0.4) is 0 Å². The van der Waals surface area contributed by atoms with E-state index in [0.29, 0.717) is 11.5 Å². The Hall–Kier alpha value is -1.69. The molecule has 0 aromatic heterocycles. The molecule has 2 aromatic carbocycles. The third-order valence-electron chi connectivity index (χ3n) is 7.48. The van der Waals surface area contributed by atoms with Crippen LogP contribution in [0.5, 0.6) is 11.5 Å². The van der Waals surface area contributed by atoms with Gasteiger partial charge in [0.2, 0.25) is 0 Å². The maximum absolute atomic E-state index is 10.5. The molecule has 0 saturated carbocycles. The van der Waals surface area contributed by atoms with Gasteiger partial charge in [-0.3, -0.25) is 0 Å². The maximum Gasteiger partial charge on any atom is 0.334 e. The fourth-order valence-electron chi connectivity index (χ4n) is 4.29. The first kappa shape index (κ1) is 29.5. The average Bonchev–Trinajstić information content (AvgIpc) is 2.85.